The number of hydrogen-bond acceptors (Lipinski definition) is 2. The van der Waals surface area contributed by atoms with Crippen LogP contribution >= 0.6 is 0 Å². The fraction of sp³-hybridized carbons (Fsp3) is 0.111. The third-order valence-electron chi connectivity index (χ3n) is 3.72. The van der Waals surface area contributed by atoms with Gasteiger partial charge in [-0.3, -0.25) is 5.10 Å². The van der Waals surface area contributed by atoms with Crippen LogP contribution in [0.2, 0.25) is 0 Å². The maximum absolute atomic E-state index is 11.2. The summed E-state index contributed by atoms with van der Waals surface area (Å²) in [5.74, 6) is -1.000. The van der Waals surface area contributed by atoms with E-state index in [1.165, 1.54) is 5.56 Å². The van der Waals surface area contributed by atoms with Crippen molar-refractivity contribution in [3.8, 4) is 11.1 Å². The highest BCUT2D eigenvalue weighted by Gasteiger charge is 2.16. The monoisotopic (exact) mass is 292 g/mol. The van der Waals surface area contributed by atoms with E-state index in [1.807, 2.05) is 37.3 Å². The van der Waals surface area contributed by atoms with Gasteiger partial charge in [-0.25, -0.2) is 4.79 Å². The number of aromatic carboxylic acids is 1. The molecule has 3 aromatic rings. The molecule has 1 aromatic heterocycles. The van der Waals surface area contributed by atoms with E-state index >= 15 is 0 Å². The van der Waals surface area contributed by atoms with Crippen molar-refractivity contribution in [1.82, 2.24) is 10.2 Å². The molecule has 0 unspecified atom stereocenters. The number of nitrogens with one attached hydrogen (secondary N) is 1. The molecule has 0 bridgehead atoms. The SMILES string of the molecule is Cc1[nH]nc(C(=O)O)c1Cc1ccc(-c2ccccc2)cc1. The van der Waals surface area contributed by atoms with Gasteiger partial charge in [-0.15, -0.1) is 0 Å². The summed E-state index contributed by atoms with van der Waals surface area (Å²) in [5.41, 5.74) is 5.01. The van der Waals surface area contributed by atoms with Gasteiger partial charge >= 0.3 is 5.97 Å². The van der Waals surface area contributed by atoms with Gasteiger partial charge in [0.25, 0.3) is 0 Å². The molecule has 3 rings (SSSR count). The summed E-state index contributed by atoms with van der Waals surface area (Å²) in [7, 11) is 0. The van der Waals surface area contributed by atoms with Gasteiger partial charge in [0.1, 0.15) is 0 Å². The summed E-state index contributed by atoms with van der Waals surface area (Å²) in [6.45, 7) is 1.84. The molecule has 110 valence electrons. The largest absolute Gasteiger partial charge is 0.476 e. The second-order valence-electron chi connectivity index (χ2n) is 5.22. The molecule has 1 heterocycles. The Labute approximate surface area is 128 Å². The molecule has 0 saturated carbocycles. The Morgan fingerprint density at radius 1 is 1.05 bits per heavy atom. The van der Waals surface area contributed by atoms with E-state index in [-0.39, 0.29) is 5.69 Å². The molecule has 0 aliphatic rings. The van der Waals surface area contributed by atoms with Gasteiger partial charge in [-0.05, 0) is 23.6 Å². The molecule has 22 heavy (non-hydrogen) atoms. The van der Waals surface area contributed by atoms with E-state index in [1.54, 1.807) is 0 Å². The van der Waals surface area contributed by atoms with Crippen molar-refractivity contribution in [1.29, 1.82) is 0 Å². The van der Waals surface area contributed by atoms with E-state index in [0.29, 0.717) is 6.42 Å². The molecule has 2 aromatic carbocycles. The van der Waals surface area contributed by atoms with Crippen LogP contribution in [-0.4, -0.2) is 21.3 Å². The molecule has 0 saturated heterocycles. The average molecular weight is 292 g/mol. The molecule has 0 aliphatic heterocycles. The van der Waals surface area contributed by atoms with Crippen LogP contribution < -0.4 is 0 Å². The fourth-order valence-electron chi connectivity index (χ4n) is 2.50. The zero-order valence-corrected chi connectivity index (χ0v) is 12.2. The van der Waals surface area contributed by atoms with Crippen LogP contribution in [0.25, 0.3) is 11.1 Å². The standard InChI is InChI=1S/C18H16N2O2/c1-12-16(17(18(21)22)20-19-12)11-13-7-9-15(10-8-13)14-5-3-2-4-6-14/h2-10H,11H2,1H3,(H,19,20)(H,21,22). The van der Waals surface area contributed by atoms with Crippen LogP contribution in [0.3, 0.4) is 0 Å². The Bertz CT molecular complexity index is 790. The van der Waals surface area contributed by atoms with E-state index < -0.39 is 5.97 Å². The number of carbonyl (C=O) groups is 1. The number of aromatic nitrogens is 2. The summed E-state index contributed by atoms with van der Waals surface area (Å²) in [6, 6.07) is 18.3. The zero-order chi connectivity index (χ0) is 15.5. The van der Waals surface area contributed by atoms with Crippen LogP contribution in [-0.2, 0) is 6.42 Å². The molecule has 0 radical (unpaired) electrons. The van der Waals surface area contributed by atoms with Gasteiger partial charge < -0.3 is 5.11 Å². The van der Waals surface area contributed by atoms with Gasteiger partial charge in [0.05, 0.1) is 0 Å². The van der Waals surface area contributed by atoms with Crippen molar-refractivity contribution in [3.63, 3.8) is 0 Å². The number of aryl methyl sites for hydroxylation is 1. The lowest BCUT2D eigenvalue weighted by atomic mass is 9.99. The summed E-state index contributed by atoms with van der Waals surface area (Å²) in [5, 5.41) is 15.8. The normalized spacial score (nSPS) is 10.6. The highest BCUT2D eigenvalue weighted by Crippen LogP contribution is 2.21. The third-order valence-corrected chi connectivity index (χ3v) is 3.72. The molecule has 0 amide bonds. The van der Waals surface area contributed by atoms with E-state index in [0.717, 1.165) is 22.4 Å². The minimum atomic E-state index is -1.000. The highest BCUT2D eigenvalue weighted by atomic mass is 16.4. The van der Waals surface area contributed by atoms with Gasteiger partial charge in [-0.2, -0.15) is 5.10 Å². The lowest BCUT2D eigenvalue weighted by Crippen LogP contribution is -2.02. The zero-order valence-electron chi connectivity index (χ0n) is 12.2. The van der Waals surface area contributed by atoms with Gasteiger partial charge in [-0.1, -0.05) is 54.6 Å². The highest BCUT2D eigenvalue weighted by molar-refractivity contribution is 5.87. The minimum absolute atomic E-state index is 0.102. The van der Waals surface area contributed by atoms with Crippen LogP contribution in [0.1, 0.15) is 27.3 Å². The predicted molar refractivity (Wildman–Crippen MR) is 85.0 cm³/mol. The average Bonchev–Trinajstić information content (AvgIpc) is 2.90. The predicted octanol–water partition coefficient (Wildman–Crippen LogP) is 3.67. The first kappa shape index (κ1) is 14.1. The molecular weight excluding hydrogens is 276 g/mol. The quantitative estimate of drug-likeness (QED) is 0.771. The first-order valence-corrected chi connectivity index (χ1v) is 7.06. The van der Waals surface area contributed by atoms with E-state index in [9.17, 15) is 4.79 Å². The molecule has 2 N–H and O–H groups in total. The number of rotatable bonds is 4. The molecule has 0 fully saturated rings. The molecule has 0 atom stereocenters. The molecular formula is C18H16N2O2. The van der Waals surface area contributed by atoms with Crippen molar-refractivity contribution in [2.45, 2.75) is 13.3 Å². The Kier molecular flexibility index (Phi) is 3.74. The first-order chi connectivity index (χ1) is 10.6. The Morgan fingerprint density at radius 2 is 1.68 bits per heavy atom. The molecule has 4 heteroatoms. The minimum Gasteiger partial charge on any atom is -0.476 e. The number of carboxylic acid groups (broad SMARTS) is 1. The number of benzene rings is 2. The third kappa shape index (κ3) is 2.76. The van der Waals surface area contributed by atoms with Crippen LogP contribution in [0.15, 0.2) is 54.6 Å². The summed E-state index contributed by atoms with van der Waals surface area (Å²) >= 11 is 0. The lowest BCUT2D eigenvalue weighted by molar-refractivity contribution is 0.0689. The summed E-state index contributed by atoms with van der Waals surface area (Å²) in [6.07, 6.45) is 0.555. The van der Waals surface area contributed by atoms with Gasteiger partial charge in [0.2, 0.25) is 0 Å². The summed E-state index contributed by atoms with van der Waals surface area (Å²) < 4.78 is 0. The Morgan fingerprint density at radius 3 is 2.32 bits per heavy atom. The van der Waals surface area contributed by atoms with Gasteiger partial charge in [0, 0.05) is 17.7 Å². The lowest BCUT2D eigenvalue weighted by Gasteiger charge is -2.05. The van der Waals surface area contributed by atoms with Crippen LogP contribution in [0.5, 0.6) is 0 Å². The molecule has 0 aliphatic carbocycles. The topological polar surface area (TPSA) is 66.0 Å². The van der Waals surface area contributed by atoms with Gasteiger partial charge in [0.15, 0.2) is 5.69 Å². The Balaban J connectivity index is 1.86. The maximum Gasteiger partial charge on any atom is 0.356 e. The van der Waals surface area contributed by atoms with Crippen molar-refractivity contribution in [2.75, 3.05) is 0 Å². The van der Waals surface area contributed by atoms with Crippen LogP contribution in [0, 0.1) is 6.92 Å². The van der Waals surface area contributed by atoms with Crippen molar-refractivity contribution in [3.05, 3.63) is 77.1 Å². The molecule has 4 nitrogen and oxygen atoms in total. The maximum atomic E-state index is 11.2. The number of H-pyrrole nitrogens is 1. The van der Waals surface area contributed by atoms with E-state index in [4.69, 9.17) is 5.11 Å². The molecule has 0 spiro atoms. The number of hydrogen-bond donors (Lipinski definition) is 2. The smallest absolute Gasteiger partial charge is 0.356 e. The number of carboxylic acids is 1. The van der Waals surface area contributed by atoms with Crippen molar-refractivity contribution < 1.29 is 9.90 Å². The van der Waals surface area contributed by atoms with Crippen molar-refractivity contribution in [2.24, 2.45) is 0 Å². The van der Waals surface area contributed by atoms with Crippen molar-refractivity contribution >= 4 is 5.97 Å². The number of aromatic amines is 1. The summed E-state index contributed by atoms with van der Waals surface area (Å²) in [4.78, 5) is 11.2. The fourth-order valence-corrected chi connectivity index (χ4v) is 2.50. The van der Waals surface area contributed by atoms with Crippen LogP contribution in [0.4, 0.5) is 0 Å². The second-order valence-corrected chi connectivity index (χ2v) is 5.22. The second kappa shape index (κ2) is 5.85. The Hall–Kier alpha value is -2.88. The first-order valence-electron chi connectivity index (χ1n) is 7.06. The number of nitrogens with zero attached hydrogens (tertiary/aromatic N) is 1. The van der Waals surface area contributed by atoms with E-state index in [2.05, 4.69) is 34.5 Å².